The summed E-state index contributed by atoms with van der Waals surface area (Å²) in [5, 5.41) is 3.50. The Morgan fingerprint density at radius 1 is 1.53 bits per heavy atom. The van der Waals surface area contributed by atoms with Crippen LogP contribution in [0.4, 0.5) is 0 Å². The first kappa shape index (κ1) is 10.8. The highest BCUT2D eigenvalue weighted by molar-refractivity contribution is 5.93. The van der Waals surface area contributed by atoms with E-state index in [1.54, 1.807) is 6.26 Å². The van der Waals surface area contributed by atoms with Gasteiger partial charge in [-0.05, 0) is 38.8 Å². The molecule has 2 saturated heterocycles. The van der Waals surface area contributed by atoms with Gasteiger partial charge in [-0.3, -0.25) is 4.79 Å². The minimum atomic E-state index is 0.0590. The van der Waals surface area contributed by atoms with Crippen LogP contribution in [-0.2, 0) is 0 Å². The third kappa shape index (κ3) is 1.76. The zero-order valence-corrected chi connectivity index (χ0v) is 10.1. The monoisotopic (exact) mass is 234 g/mol. The number of piperidine rings is 1. The molecule has 1 aromatic rings. The van der Waals surface area contributed by atoms with Gasteiger partial charge in [0.15, 0.2) is 5.76 Å². The van der Waals surface area contributed by atoms with Crippen LogP contribution in [0, 0.1) is 6.92 Å². The van der Waals surface area contributed by atoms with Gasteiger partial charge in [-0.25, -0.2) is 0 Å². The number of furan rings is 1. The van der Waals surface area contributed by atoms with Crippen LogP contribution >= 0.6 is 0 Å². The number of fused-ring (bicyclic) bond motifs is 1. The maximum absolute atomic E-state index is 12.4. The Labute approximate surface area is 101 Å². The van der Waals surface area contributed by atoms with Crippen molar-refractivity contribution in [1.82, 2.24) is 10.2 Å². The third-order valence-corrected chi connectivity index (χ3v) is 3.95. The molecule has 3 rings (SSSR count). The normalized spacial score (nSPS) is 28.2. The van der Waals surface area contributed by atoms with Crippen molar-refractivity contribution in [2.75, 3.05) is 13.1 Å². The van der Waals surface area contributed by atoms with Crippen LogP contribution in [0.5, 0.6) is 0 Å². The lowest BCUT2D eigenvalue weighted by Crippen LogP contribution is -2.48. The Bertz CT molecular complexity index is 427. The van der Waals surface area contributed by atoms with Crippen LogP contribution in [0.15, 0.2) is 16.7 Å². The Morgan fingerprint density at radius 3 is 3.18 bits per heavy atom. The van der Waals surface area contributed by atoms with Crippen molar-refractivity contribution in [1.29, 1.82) is 0 Å². The van der Waals surface area contributed by atoms with Gasteiger partial charge in [0.1, 0.15) is 0 Å². The number of rotatable bonds is 1. The molecule has 2 aliphatic rings. The van der Waals surface area contributed by atoms with Gasteiger partial charge in [-0.2, -0.15) is 0 Å². The van der Waals surface area contributed by atoms with Crippen LogP contribution in [0.2, 0.25) is 0 Å². The number of aryl methyl sites for hydroxylation is 1. The predicted molar refractivity (Wildman–Crippen MR) is 63.9 cm³/mol. The molecule has 2 aliphatic heterocycles. The number of carbonyl (C=O) groups is 1. The number of nitrogens with one attached hydrogen (secondary N) is 1. The number of amides is 1. The standard InChI is InChI=1S/C13H18N2O2/c1-9-5-8-17-12(9)13(16)15-7-4-10-11(15)3-2-6-14-10/h5,8,10-11,14H,2-4,6-7H2,1H3. The summed E-state index contributed by atoms with van der Waals surface area (Å²) in [6.45, 7) is 3.85. The summed E-state index contributed by atoms with van der Waals surface area (Å²) in [5.41, 5.74) is 0.933. The van der Waals surface area contributed by atoms with E-state index in [0.29, 0.717) is 17.8 Å². The van der Waals surface area contributed by atoms with E-state index in [-0.39, 0.29) is 5.91 Å². The molecule has 0 aromatic carbocycles. The minimum Gasteiger partial charge on any atom is -0.459 e. The van der Waals surface area contributed by atoms with Gasteiger partial charge in [0.05, 0.1) is 6.26 Å². The van der Waals surface area contributed by atoms with Crippen molar-refractivity contribution in [2.24, 2.45) is 0 Å². The van der Waals surface area contributed by atoms with Crippen LogP contribution in [0.3, 0.4) is 0 Å². The molecule has 2 atom stereocenters. The smallest absolute Gasteiger partial charge is 0.290 e. The average Bonchev–Trinajstić information content (AvgIpc) is 2.94. The first-order valence-corrected chi connectivity index (χ1v) is 6.36. The summed E-state index contributed by atoms with van der Waals surface area (Å²) < 4.78 is 5.31. The Hall–Kier alpha value is -1.29. The first-order valence-electron chi connectivity index (χ1n) is 6.36. The lowest BCUT2D eigenvalue weighted by Gasteiger charge is -2.32. The maximum atomic E-state index is 12.4. The summed E-state index contributed by atoms with van der Waals surface area (Å²) in [6.07, 6.45) is 4.93. The van der Waals surface area contributed by atoms with Gasteiger partial charge in [0, 0.05) is 24.2 Å². The molecule has 0 bridgehead atoms. The van der Waals surface area contributed by atoms with Gasteiger partial charge in [0.25, 0.3) is 5.91 Å². The van der Waals surface area contributed by atoms with Crippen molar-refractivity contribution in [2.45, 2.75) is 38.3 Å². The highest BCUT2D eigenvalue weighted by Crippen LogP contribution is 2.27. The maximum Gasteiger partial charge on any atom is 0.290 e. The highest BCUT2D eigenvalue weighted by atomic mass is 16.3. The number of hydrogen-bond donors (Lipinski definition) is 1. The second-order valence-electron chi connectivity index (χ2n) is 4.99. The quantitative estimate of drug-likeness (QED) is 0.802. The third-order valence-electron chi connectivity index (χ3n) is 3.95. The summed E-state index contributed by atoms with van der Waals surface area (Å²) in [5.74, 6) is 0.569. The molecule has 4 nitrogen and oxygen atoms in total. The molecule has 4 heteroatoms. The zero-order chi connectivity index (χ0) is 11.8. The van der Waals surface area contributed by atoms with E-state index in [9.17, 15) is 4.79 Å². The summed E-state index contributed by atoms with van der Waals surface area (Å²) in [6, 6.07) is 2.70. The molecule has 92 valence electrons. The summed E-state index contributed by atoms with van der Waals surface area (Å²) >= 11 is 0. The molecule has 1 aromatic heterocycles. The van der Waals surface area contributed by atoms with Crippen molar-refractivity contribution < 1.29 is 9.21 Å². The molecular formula is C13H18N2O2. The topological polar surface area (TPSA) is 45.5 Å². The number of carbonyl (C=O) groups excluding carboxylic acids is 1. The fourth-order valence-corrected chi connectivity index (χ4v) is 3.02. The van der Waals surface area contributed by atoms with Crippen molar-refractivity contribution in [3.05, 3.63) is 23.7 Å². The van der Waals surface area contributed by atoms with E-state index in [1.807, 2.05) is 17.9 Å². The average molecular weight is 234 g/mol. The second-order valence-corrected chi connectivity index (χ2v) is 4.99. The molecule has 1 amide bonds. The molecule has 1 N–H and O–H groups in total. The van der Waals surface area contributed by atoms with E-state index in [2.05, 4.69) is 5.32 Å². The fraction of sp³-hybridized carbons (Fsp3) is 0.615. The van der Waals surface area contributed by atoms with Crippen LogP contribution in [-0.4, -0.2) is 36.0 Å². The van der Waals surface area contributed by atoms with Crippen LogP contribution in [0.1, 0.15) is 35.4 Å². The highest BCUT2D eigenvalue weighted by Gasteiger charge is 2.39. The van der Waals surface area contributed by atoms with Gasteiger partial charge < -0.3 is 14.6 Å². The molecule has 0 saturated carbocycles. The zero-order valence-electron chi connectivity index (χ0n) is 10.1. The summed E-state index contributed by atoms with van der Waals surface area (Å²) in [4.78, 5) is 14.4. The van der Waals surface area contributed by atoms with E-state index < -0.39 is 0 Å². The van der Waals surface area contributed by atoms with E-state index in [1.165, 1.54) is 0 Å². The van der Waals surface area contributed by atoms with Crippen molar-refractivity contribution in [3.63, 3.8) is 0 Å². The summed E-state index contributed by atoms with van der Waals surface area (Å²) in [7, 11) is 0. The molecule has 3 heterocycles. The Balaban J connectivity index is 1.81. The largest absolute Gasteiger partial charge is 0.459 e. The van der Waals surface area contributed by atoms with E-state index in [4.69, 9.17) is 4.42 Å². The minimum absolute atomic E-state index is 0.0590. The number of hydrogen-bond acceptors (Lipinski definition) is 3. The van der Waals surface area contributed by atoms with Gasteiger partial charge in [0.2, 0.25) is 0 Å². The first-order chi connectivity index (χ1) is 8.27. The predicted octanol–water partition coefficient (Wildman–Crippen LogP) is 1.55. The van der Waals surface area contributed by atoms with Gasteiger partial charge >= 0.3 is 0 Å². The Morgan fingerprint density at radius 2 is 2.41 bits per heavy atom. The van der Waals surface area contributed by atoms with E-state index in [0.717, 1.165) is 37.9 Å². The van der Waals surface area contributed by atoms with Gasteiger partial charge in [-0.15, -0.1) is 0 Å². The van der Waals surface area contributed by atoms with Crippen molar-refractivity contribution in [3.8, 4) is 0 Å². The second kappa shape index (κ2) is 4.18. The van der Waals surface area contributed by atoms with Crippen molar-refractivity contribution >= 4 is 5.91 Å². The Kier molecular flexibility index (Phi) is 2.67. The van der Waals surface area contributed by atoms with Crippen LogP contribution < -0.4 is 5.32 Å². The molecule has 17 heavy (non-hydrogen) atoms. The molecule has 2 fully saturated rings. The lowest BCUT2D eigenvalue weighted by atomic mass is 9.99. The van der Waals surface area contributed by atoms with Crippen LogP contribution in [0.25, 0.3) is 0 Å². The SMILES string of the molecule is Cc1ccoc1C(=O)N1CCC2NCCCC21. The van der Waals surface area contributed by atoms with Gasteiger partial charge in [-0.1, -0.05) is 0 Å². The number of likely N-dealkylation sites (tertiary alicyclic amines) is 1. The van der Waals surface area contributed by atoms with E-state index >= 15 is 0 Å². The molecule has 2 unspecified atom stereocenters. The molecular weight excluding hydrogens is 216 g/mol. The molecule has 0 radical (unpaired) electrons. The fourth-order valence-electron chi connectivity index (χ4n) is 3.02. The molecule has 0 spiro atoms. The lowest BCUT2D eigenvalue weighted by molar-refractivity contribution is 0.0672. The number of nitrogens with zero attached hydrogens (tertiary/aromatic N) is 1. The molecule has 0 aliphatic carbocycles.